The maximum Gasteiger partial charge on any atom is 0.373 e. The number of para-hydroxylation sites is 2. The Morgan fingerprint density at radius 2 is 1.10 bits per heavy atom. The van der Waals surface area contributed by atoms with Crippen molar-refractivity contribution in [3.8, 4) is 0 Å². The molecule has 0 N–H and O–H groups in total. The standard InChI is InChI=1S/C20H23N2O3P.C13H20O6.C4H8O2.C3H4O3.2CO2/c1-3-25-20(23)16-17(2)26(24)21(18-10-6-4-7-11-18)14-15-22(26)19-12-8-5-9-13-19;1-5-19-12(15)8-10(7-11(14)17-3)6-9(2)13(16)18-4;1-3-4(5)6-2;1-6-3(5)2-4;2*2-1-3/h4-13H,2-3,14-16H2,1H3;7,9H,5-6,8H2,1-4H3;3H2,1-2H3;2H,1H3;;/b;10-7-;;;;. The first-order chi connectivity index (χ1) is 30.0. The summed E-state index contributed by atoms with van der Waals surface area (Å²) in [5.74, 6) is -3.27. The number of nitrogens with zero attached hydrogens (tertiary/aromatic N) is 2. The zero-order chi connectivity index (χ0) is 48.8. The predicted molar refractivity (Wildman–Crippen MR) is 223 cm³/mol. The Morgan fingerprint density at radius 3 is 1.40 bits per heavy atom. The number of methoxy groups -OCH3 is 4. The first-order valence-electron chi connectivity index (χ1n) is 18.7. The number of carbonyl (C=O) groups is 7. The van der Waals surface area contributed by atoms with Gasteiger partial charge in [0.1, 0.15) is 0 Å². The molecule has 1 heterocycles. The van der Waals surface area contributed by atoms with Crippen molar-refractivity contribution >= 4 is 73.2 Å². The maximum absolute atomic E-state index is 14.3. The van der Waals surface area contributed by atoms with Crippen LogP contribution >= 0.6 is 7.44 Å². The summed E-state index contributed by atoms with van der Waals surface area (Å²) < 4.78 is 45.1. The molecule has 0 spiro atoms. The molecule has 1 unspecified atom stereocenters. The lowest BCUT2D eigenvalue weighted by atomic mass is 9.98. The Balaban J connectivity index is -0.000000845. The lowest BCUT2D eigenvalue weighted by molar-refractivity contribution is -0.193. The highest BCUT2D eigenvalue weighted by Crippen LogP contribution is 2.65. The molecule has 63 heavy (non-hydrogen) atoms. The number of carbonyl (C=O) groups excluding carboxylic acids is 11. The average molecular weight is 907 g/mol. The van der Waals surface area contributed by atoms with Gasteiger partial charge in [-0.1, -0.05) is 62.4 Å². The maximum atomic E-state index is 14.3. The number of anilines is 2. The molecule has 1 aliphatic rings. The zero-order valence-electron chi connectivity index (χ0n) is 36.6. The average Bonchev–Trinajstić information content (AvgIpc) is 3.65. The summed E-state index contributed by atoms with van der Waals surface area (Å²) in [6.07, 6.45) is 2.41. The van der Waals surface area contributed by atoms with E-state index < -0.39 is 43.2 Å². The molecule has 21 heteroatoms. The molecule has 1 saturated heterocycles. The van der Waals surface area contributed by atoms with Crippen molar-refractivity contribution in [2.24, 2.45) is 5.92 Å². The molecule has 0 radical (unpaired) electrons. The molecule has 1 fully saturated rings. The third-order valence-electron chi connectivity index (χ3n) is 7.54. The van der Waals surface area contributed by atoms with Crippen molar-refractivity contribution in [1.29, 1.82) is 0 Å². The minimum absolute atomic E-state index is 0.0513. The Bertz CT molecular complexity index is 1800. The van der Waals surface area contributed by atoms with Gasteiger partial charge in [-0.3, -0.25) is 28.5 Å². The van der Waals surface area contributed by atoms with Crippen molar-refractivity contribution < 1.29 is 85.7 Å². The van der Waals surface area contributed by atoms with Gasteiger partial charge in [0.2, 0.25) is 6.29 Å². The van der Waals surface area contributed by atoms with Gasteiger partial charge in [-0.25, -0.2) is 9.59 Å². The fraction of sp³-hybridized carbons (Fsp3) is 0.405. The van der Waals surface area contributed by atoms with E-state index in [0.717, 1.165) is 18.5 Å². The van der Waals surface area contributed by atoms with Crippen LogP contribution in [0, 0.1) is 5.92 Å². The molecule has 0 aliphatic carbocycles. The van der Waals surface area contributed by atoms with E-state index in [1.54, 1.807) is 27.7 Å². The van der Waals surface area contributed by atoms with E-state index >= 15 is 0 Å². The molecule has 20 nitrogen and oxygen atoms in total. The molecule has 3 rings (SSSR count). The van der Waals surface area contributed by atoms with E-state index in [0.29, 0.717) is 37.0 Å². The zero-order valence-corrected chi connectivity index (χ0v) is 37.5. The van der Waals surface area contributed by atoms with E-state index in [-0.39, 0.29) is 50.4 Å². The molecule has 0 amide bonds. The van der Waals surface area contributed by atoms with Gasteiger partial charge in [-0.15, -0.1) is 0 Å². The second-order valence-electron chi connectivity index (χ2n) is 11.7. The van der Waals surface area contributed by atoms with Crippen LogP contribution in [0.25, 0.3) is 0 Å². The van der Waals surface area contributed by atoms with Crippen molar-refractivity contribution in [3.63, 3.8) is 0 Å². The molecule has 1 atom stereocenters. The van der Waals surface area contributed by atoms with Crippen LogP contribution in [0.4, 0.5) is 11.4 Å². The van der Waals surface area contributed by atoms with E-state index in [2.05, 4.69) is 25.5 Å². The monoisotopic (exact) mass is 906 g/mol. The highest BCUT2D eigenvalue weighted by atomic mass is 31.2. The van der Waals surface area contributed by atoms with Crippen LogP contribution in [0.15, 0.2) is 84.2 Å². The predicted octanol–water partition coefficient (Wildman–Crippen LogP) is 4.67. The summed E-state index contributed by atoms with van der Waals surface area (Å²) in [5.41, 5.74) is 2.20. The molecule has 346 valence electrons. The third-order valence-corrected chi connectivity index (χ3v) is 10.7. The van der Waals surface area contributed by atoms with Gasteiger partial charge in [0, 0.05) is 42.3 Å². The number of hydrogen-bond donors (Lipinski definition) is 0. The number of benzene rings is 2. The van der Waals surface area contributed by atoms with Crippen LogP contribution in [-0.4, -0.2) is 109 Å². The van der Waals surface area contributed by atoms with E-state index in [9.17, 15) is 38.1 Å². The van der Waals surface area contributed by atoms with Gasteiger partial charge < -0.3 is 37.8 Å². The molecule has 0 bridgehead atoms. The van der Waals surface area contributed by atoms with Crippen molar-refractivity contribution in [2.45, 2.75) is 53.4 Å². The van der Waals surface area contributed by atoms with Gasteiger partial charge in [-0.2, -0.15) is 19.2 Å². The summed E-state index contributed by atoms with van der Waals surface area (Å²) in [5, 5.41) is 0.390. The van der Waals surface area contributed by atoms with Crippen molar-refractivity contribution in [2.75, 3.05) is 64.1 Å². The highest BCUT2D eigenvalue weighted by Gasteiger charge is 2.46. The lowest BCUT2D eigenvalue weighted by Gasteiger charge is -2.33. The lowest BCUT2D eigenvalue weighted by Crippen LogP contribution is -2.21. The minimum atomic E-state index is -3.23. The Morgan fingerprint density at radius 1 is 0.683 bits per heavy atom. The number of rotatable bonds is 15. The molecule has 0 saturated carbocycles. The van der Waals surface area contributed by atoms with Gasteiger partial charge in [0.05, 0.1) is 60.4 Å². The normalized spacial score (nSPS) is 11.9. The fourth-order valence-electron chi connectivity index (χ4n) is 4.86. The van der Waals surface area contributed by atoms with Crippen LogP contribution in [0.1, 0.15) is 53.4 Å². The Labute approximate surface area is 365 Å². The first kappa shape index (κ1) is 60.3. The smallest absolute Gasteiger partial charge is 0.373 e. The summed E-state index contributed by atoms with van der Waals surface area (Å²) >= 11 is 0. The molecule has 2 aromatic rings. The Hall–Kier alpha value is -7.00. The van der Waals surface area contributed by atoms with Gasteiger partial charge in [-0.05, 0) is 44.5 Å². The summed E-state index contributed by atoms with van der Waals surface area (Å²) in [7, 11) is 1.83. The highest BCUT2D eigenvalue weighted by molar-refractivity contribution is 7.71. The van der Waals surface area contributed by atoms with Crippen LogP contribution < -0.4 is 9.34 Å². The van der Waals surface area contributed by atoms with Crippen LogP contribution in [-0.2, 0) is 85.7 Å². The van der Waals surface area contributed by atoms with E-state index in [1.807, 2.05) is 70.0 Å². The SMILES string of the molecule is C=C(CC(=O)OCC)P1(=O)N(c2ccccc2)CCN1c1ccccc1.CCC(=O)OC.CCOC(=O)C/C(=C\C(=O)OC)CC(C)C(=O)OC.COC(=O)C=O.O=C=O.O=C=O. The van der Waals surface area contributed by atoms with Crippen molar-refractivity contribution in [3.05, 3.63) is 84.2 Å². The van der Waals surface area contributed by atoms with Crippen LogP contribution in [0.3, 0.4) is 0 Å². The Kier molecular flexibility index (Phi) is 35.2. The fourth-order valence-corrected chi connectivity index (χ4v) is 7.75. The van der Waals surface area contributed by atoms with Crippen LogP contribution in [0.2, 0.25) is 0 Å². The quantitative estimate of drug-likeness (QED) is 0.0586. The van der Waals surface area contributed by atoms with Gasteiger partial charge in [0.25, 0.3) is 7.44 Å². The van der Waals surface area contributed by atoms with Crippen molar-refractivity contribution in [1.82, 2.24) is 0 Å². The molecular weight excluding hydrogens is 851 g/mol. The molecule has 0 aromatic heterocycles. The van der Waals surface area contributed by atoms with E-state index in [4.69, 9.17) is 28.7 Å². The number of ether oxygens (including phenoxy) is 6. The molecule has 1 aliphatic heterocycles. The summed E-state index contributed by atoms with van der Waals surface area (Å²) in [6, 6.07) is 19.2. The summed E-state index contributed by atoms with van der Waals surface area (Å²) in [4.78, 5) is 107. The number of esters is 6. The minimum Gasteiger partial charge on any atom is -0.469 e. The number of hydrogen-bond acceptors (Lipinski definition) is 18. The topological polar surface area (TPSA) is 267 Å². The van der Waals surface area contributed by atoms with Crippen LogP contribution in [0.5, 0.6) is 0 Å². The second-order valence-corrected chi connectivity index (χ2v) is 14.4. The summed E-state index contributed by atoms with van der Waals surface area (Å²) in [6.45, 7) is 12.6. The first-order valence-corrected chi connectivity index (χ1v) is 20.3. The van der Waals surface area contributed by atoms with E-state index in [1.165, 1.54) is 27.4 Å². The third kappa shape index (κ3) is 25.4. The van der Waals surface area contributed by atoms with Gasteiger partial charge in [0.15, 0.2) is 0 Å². The molecular formula is C42H55N2O18P. The number of aldehydes is 1. The largest absolute Gasteiger partial charge is 0.469 e. The molecule has 2 aromatic carbocycles. The van der Waals surface area contributed by atoms with Gasteiger partial charge >= 0.3 is 48.1 Å². The second kappa shape index (κ2) is 36.8.